The van der Waals surface area contributed by atoms with Gasteiger partial charge in [-0.2, -0.15) is 0 Å². The third-order valence-corrected chi connectivity index (χ3v) is 4.72. The molecule has 0 saturated heterocycles. The minimum atomic E-state index is 0.752. The van der Waals surface area contributed by atoms with E-state index in [9.17, 15) is 0 Å². The van der Waals surface area contributed by atoms with Gasteiger partial charge in [-0.05, 0) is 50.5 Å². The summed E-state index contributed by atoms with van der Waals surface area (Å²) in [5.41, 5.74) is 0. The number of nitrogens with one attached hydrogen (secondary N) is 1. The number of rotatable bonds is 9. The molecule has 0 radical (unpaired) electrons. The van der Waals surface area contributed by atoms with Crippen LogP contribution in [0.25, 0.3) is 0 Å². The predicted octanol–water partition coefficient (Wildman–Crippen LogP) is 3.67. The molecule has 2 heteroatoms. The van der Waals surface area contributed by atoms with Crippen molar-refractivity contribution in [3.63, 3.8) is 0 Å². The average Bonchev–Trinajstić information content (AvgIpc) is 3.08. The summed E-state index contributed by atoms with van der Waals surface area (Å²) >= 11 is 0. The molecule has 0 amide bonds. The Morgan fingerprint density at radius 1 is 1.05 bits per heavy atom. The lowest BCUT2D eigenvalue weighted by molar-refractivity contribution is 0.183. The Labute approximate surface area is 120 Å². The topological polar surface area (TPSA) is 15.3 Å². The molecule has 0 bridgehead atoms. The first-order valence-electron chi connectivity index (χ1n) is 8.68. The Kier molecular flexibility index (Phi) is 6.15. The van der Waals surface area contributed by atoms with Crippen molar-refractivity contribution in [2.75, 3.05) is 19.6 Å². The second kappa shape index (κ2) is 7.64. The molecular weight excluding hydrogens is 232 g/mol. The molecule has 1 unspecified atom stereocenters. The third kappa shape index (κ3) is 5.07. The molecule has 2 saturated carbocycles. The molecule has 0 aromatic rings. The average molecular weight is 266 g/mol. The Morgan fingerprint density at radius 3 is 2.26 bits per heavy atom. The normalized spacial score (nSPS) is 22.6. The highest BCUT2D eigenvalue weighted by Crippen LogP contribution is 2.32. The van der Waals surface area contributed by atoms with Gasteiger partial charge in [0.1, 0.15) is 0 Å². The summed E-state index contributed by atoms with van der Waals surface area (Å²) in [7, 11) is 0. The van der Waals surface area contributed by atoms with E-state index in [0.29, 0.717) is 0 Å². The van der Waals surface area contributed by atoms with Crippen molar-refractivity contribution in [2.45, 2.75) is 77.8 Å². The summed E-state index contributed by atoms with van der Waals surface area (Å²) in [6.07, 6.45) is 9.99. The van der Waals surface area contributed by atoms with Crippen LogP contribution in [0.15, 0.2) is 0 Å². The van der Waals surface area contributed by atoms with E-state index in [2.05, 4.69) is 31.0 Å². The van der Waals surface area contributed by atoms with Gasteiger partial charge in [-0.25, -0.2) is 0 Å². The van der Waals surface area contributed by atoms with Gasteiger partial charge >= 0.3 is 0 Å². The lowest BCUT2D eigenvalue weighted by Gasteiger charge is -2.32. The number of nitrogens with zero attached hydrogens (tertiary/aromatic N) is 1. The Bertz CT molecular complexity index is 242. The molecule has 2 aliphatic carbocycles. The van der Waals surface area contributed by atoms with Gasteiger partial charge in [-0.15, -0.1) is 0 Å². The minimum Gasteiger partial charge on any atom is -0.312 e. The van der Waals surface area contributed by atoms with E-state index in [1.165, 1.54) is 64.6 Å². The molecule has 2 aliphatic rings. The summed E-state index contributed by atoms with van der Waals surface area (Å²) < 4.78 is 0. The zero-order valence-corrected chi connectivity index (χ0v) is 13.3. The van der Waals surface area contributed by atoms with Crippen LogP contribution in [0.4, 0.5) is 0 Å². The fourth-order valence-electron chi connectivity index (χ4n) is 3.60. The second-order valence-corrected chi connectivity index (χ2v) is 7.18. The SMILES string of the molecule is CCCNC(CN(CC(C)C)C1CC1)C1CCCC1. The van der Waals surface area contributed by atoms with Gasteiger partial charge in [-0.3, -0.25) is 4.90 Å². The molecule has 2 fully saturated rings. The van der Waals surface area contributed by atoms with E-state index in [4.69, 9.17) is 0 Å². The van der Waals surface area contributed by atoms with E-state index in [1.54, 1.807) is 0 Å². The predicted molar refractivity (Wildman–Crippen MR) is 83.5 cm³/mol. The van der Waals surface area contributed by atoms with Crippen molar-refractivity contribution >= 4 is 0 Å². The van der Waals surface area contributed by atoms with Gasteiger partial charge in [-0.1, -0.05) is 33.6 Å². The summed E-state index contributed by atoms with van der Waals surface area (Å²) in [6, 6.07) is 1.66. The van der Waals surface area contributed by atoms with Crippen LogP contribution < -0.4 is 5.32 Å². The first-order valence-corrected chi connectivity index (χ1v) is 8.68. The fraction of sp³-hybridized carbons (Fsp3) is 1.00. The van der Waals surface area contributed by atoms with Crippen molar-refractivity contribution in [2.24, 2.45) is 11.8 Å². The maximum absolute atomic E-state index is 3.86. The highest BCUT2D eigenvalue weighted by molar-refractivity contribution is 4.90. The van der Waals surface area contributed by atoms with Gasteiger partial charge in [0.15, 0.2) is 0 Å². The number of hydrogen-bond acceptors (Lipinski definition) is 2. The highest BCUT2D eigenvalue weighted by atomic mass is 15.2. The van der Waals surface area contributed by atoms with E-state index in [-0.39, 0.29) is 0 Å². The quantitative estimate of drug-likeness (QED) is 0.685. The van der Waals surface area contributed by atoms with Crippen molar-refractivity contribution in [3.05, 3.63) is 0 Å². The lowest BCUT2D eigenvalue weighted by atomic mass is 9.97. The first-order chi connectivity index (χ1) is 9.20. The van der Waals surface area contributed by atoms with E-state index < -0.39 is 0 Å². The molecule has 112 valence electrons. The fourth-order valence-corrected chi connectivity index (χ4v) is 3.60. The van der Waals surface area contributed by atoms with Crippen LogP contribution >= 0.6 is 0 Å². The largest absolute Gasteiger partial charge is 0.312 e. The van der Waals surface area contributed by atoms with Crippen LogP contribution in [0.3, 0.4) is 0 Å². The van der Waals surface area contributed by atoms with Crippen molar-refractivity contribution < 1.29 is 0 Å². The minimum absolute atomic E-state index is 0.752. The molecule has 19 heavy (non-hydrogen) atoms. The van der Waals surface area contributed by atoms with Crippen LogP contribution in [0.2, 0.25) is 0 Å². The second-order valence-electron chi connectivity index (χ2n) is 7.18. The Morgan fingerprint density at radius 2 is 1.74 bits per heavy atom. The third-order valence-electron chi connectivity index (χ3n) is 4.72. The van der Waals surface area contributed by atoms with Gasteiger partial charge in [0.25, 0.3) is 0 Å². The molecule has 1 N–H and O–H groups in total. The molecule has 0 heterocycles. The van der Waals surface area contributed by atoms with E-state index in [1.807, 2.05) is 0 Å². The zero-order chi connectivity index (χ0) is 13.7. The van der Waals surface area contributed by atoms with Gasteiger partial charge in [0.05, 0.1) is 0 Å². The van der Waals surface area contributed by atoms with Crippen LogP contribution in [0.1, 0.15) is 65.7 Å². The highest BCUT2D eigenvalue weighted by Gasteiger charge is 2.33. The molecular formula is C17H34N2. The van der Waals surface area contributed by atoms with Crippen LogP contribution in [-0.2, 0) is 0 Å². The molecule has 2 rings (SSSR count). The zero-order valence-electron chi connectivity index (χ0n) is 13.3. The Balaban J connectivity index is 1.87. The van der Waals surface area contributed by atoms with Gasteiger partial charge in [0.2, 0.25) is 0 Å². The van der Waals surface area contributed by atoms with E-state index in [0.717, 1.165) is 23.9 Å². The van der Waals surface area contributed by atoms with Crippen molar-refractivity contribution in [1.29, 1.82) is 0 Å². The monoisotopic (exact) mass is 266 g/mol. The van der Waals surface area contributed by atoms with Crippen LogP contribution in [0.5, 0.6) is 0 Å². The summed E-state index contributed by atoms with van der Waals surface area (Å²) in [6.45, 7) is 10.8. The van der Waals surface area contributed by atoms with Crippen molar-refractivity contribution in [1.82, 2.24) is 10.2 Å². The molecule has 0 aromatic heterocycles. The smallest absolute Gasteiger partial charge is 0.0223 e. The molecule has 0 spiro atoms. The van der Waals surface area contributed by atoms with Crippen molar-refractivity contribution in [3.8, 4) is 0 Å². The lowest BCUT2D eigenvalue weighted by Crippen LogP contribution is -2.47. The first kappa shape index (κ1) is 15.3. The Hall–Kier alpha value is -0.0800. The number of hydrogen-bond donors (Lipinski definition) is 1. The summed E-state index contributed by atoms with van der Waals surface area (Å²) in [5.74, 6) is 1.75. The van der Waals surface area contributed by atoms with E-state index >= 15 is 0 Å². The van der Waals surface area contributed by atoms with Crippen LogP contribution in [-0.4, -0.2) is 36.6 Å². The maximum Gasteiger partial charge on any atom is 0.0223 e. The summed E-state index contributed by atoms with van der Waals surface area (Å²) in [4.78, 5) is 2.79. The molecule has 1 atom stereocenters. The molecule has 0 aliphatic heterocycles. The van der Waals surface area contributed by atoms with Gasteiger partial charge in [0, 0.05) is 25.2 Å². The maximum atomic E-state index is 3.86. The standard InChI is InChI=1S/C17H34N2/c1-4-11-18-17(15-7-5-6-8-15)13-19(12-14(2)3)16-9-10-16/h14-18H,4-13H2,1-3H3. The summed E-state index contributed by atoms with van der Waals surface area (Å²) in [5, 5.41) is 3.86. The van der Waals surface area contributed by atoms with Crippen LogP contribution in [0, 0.1) is 11.8 Å². The molecule has 0 aromatic carbocycles. The molecule has 2 nitrogen and oxygen atoms in total. The van der Waals surface area contributed by atoms with Gasteiger partial charge < -0.3 is 5.32 Å².